The van der Waals surface area contributed by atoms with E-state index in [0.717, 1.165) is 16.3 Å². The van der Waals surface area contributed by atoms with Gasteiger partial charge in [0.2, 0.25) is 0 Å². The molecule has 1 heterocycles. The highest BCUT2D eigenvalue weighted by Gasteiger charge is 2.14. The van der Waals surface area contributed by atoms with E-state index in [-0.39, 0.29) is 24.4 Å². The minimum absolute atomic E-state index is 0.00250. The molecule has 168 valence electrons. The molecule has 0 atom stereocenters. The highest BCUT2D eigenvalue weighted by atomic mass is 16.6. The lowest BCUT2D eigenvalue weighted by Crippen LogP contribution is -2.23. The Labute approximate surface area is 194 Å². The van der Waals surface area contributed by atoms with Gasteiger partial charge >= 0.3 is 0 Å². The lowest BCUT2D eigenvalue weighted by Gasteiger charge is -2.13. The summed E-state index contributed by atoms with van der Waals surface area (Å²) in [4.78, 5) is 23.1. The van der Waals surface area contributed by atoms with Crippen LogP contribution in [0.2, 0.25) is 0 Å². The van der Waals surface area contributed by atoms with Crippen molar-refractivity contribution in [2.24, 2.45) is 0 Å². The molecule has 0 aliphatic heterocycles. The summed E-state index contributed by atoms with van der Waals surface area (Å²) in [6, 6.07) is 22.7. The van der Waals surface area contributed by atoms with Crippen LogP contribution in [0.4, 0.5) is 5.69 Å². The first-order valence-electron chi connectivity index (χ1n) is 10.4. The molecule has 4 aromatic rings. The summed E-state index contributed by atoms with van der Waals surface area (Å²) < 4.78 is 11.2. The van der Waals surface area contributed by atoms with Crippen LogP contribution >= 0.6 is 0 Å². The number of nitriles is 1. The maximum Gasteiger partial charge on any atom is 0.269 e. The highest BCUT2D eigenvalue weighted by molar-refractivity contribution is 6.04. The molecule has 0 saturated heterocycles. The van der Waals surface area contributed by atoms with Crippen molar-refractivity contribution in [3.05, 3.63) is 112 Å². The van der Waals surface area contributed by atoms with E-state index in [4.69, 9.17) is 9.15 Å². The van der Waals surface area contributed by atoms with Gasteiger partial charge in [0.05, 0.1) is 17.7 Å². The van der Waals surface area contributed by atoms with E-state index in [1.165, 1.54) is 24.5 Å². The molecule has 3 aromatic carbocycles. The molecular formula is C26H19N3O5. The van der Waals surface area contributed by atoms with Crippen molar-refractivity contribution in [3.63, 3.8) is 0 Å². The molecule has 34 heavy (non-hydrogen) atoms. The number of hydrogen-bond donors (Lipinski definition) is 1. The van der Waals surface area contributed by atoms with Gasteiger partial charge in [-0.15, -0.1) is 0 Å². The first-order valence-corrected chi connectivity index (χ1v) is 10.4. The summed E-state index contributed by atoms with van der Waals surface area (Å²) in [6.07, 6.45) is 3.01. The van der Waals surface area contributed by atoms with Crippen molar-refractivity contribution in [3.8, 4) is 11.8 Å². The van der Waals surface area contributed by atoms with Gasteiger partial charge in [0, 0.05) is 17.7 Å². The van der Waals surface area contributed by atoms with Crippen molar-refractivity contribution in [1.82, 2.24) is 5.32 Å². The van der Waals surface area contributed by atoms with Gasteiger partial charge in [0.1, 0.15) is 29.8 Å². The number of hydrogen-bond acceptors (Lipinski definition) is 6. The van der Waals surface area contributed by atoms with Crippen LogP contribution in [0.5, 0.6) is 5.75 Å². The number of carbonyl (C=O) groups excluding carboxylic acids is 1. The van der Waals surface area contributed by atoms with Crippen LogP contribution in [-0.2, 0) is 17.9 Å². The maximum absolute atomic E-state index is 12.6. The van der Waals surface area contributed by atoms with Crippen LogP contribution in [0.25, 0.3) is 16.8 Å². The van der Waals surface area contributed by atoms with Crippen molar-refractivity contribution in [2.75, 3.05) is 0 Å². The highest BCUT2D eigenvalue weighted by Crippen LogP contribution is 2.31. The van der Waals surface area contributed by atoms with Gasteiger partial charge in [-0.3, -0.25) is 14.9 Å². The van der Waals surface area contributed by atoms with E-state index >= 15 is 0 Å². The van der Waals surface area contributed by atoms with E-state index in [0.29, 0.717) is 17.1 Å². The monoisotopic (exact) mass is 453 g/mol. The number of nitrogens with zero attached hydrogens (tertiary/aromatic N) is 2. The maximum atomic E-state index is 12.6. The number of rotatable bonds is 8. The summed E-state index contributed by atoms with van der Waals surface area (Å²) in [5, 5.41) is 24.9. The molecular weight excluding hydrogens is 434 g/mol. The molecule has 0 radical (unpaired) electrons. The Morgan fingerprint density at radius 3 is 2.59 bits per heavy atom. The van der Waals surface area contributed by atoms with E-state index < -0.39 is 10.8 Å². The van der Waals surface area contributed by atoms with Gasteiger partial charge < -0.3 is 14.5 Å². The molecule has 0 aliphatic carbocycles. The number of ether oxygens (including phenoxy) is 1. The van der Waals surface area contributed by atoms with Crippen molar-refractivity contribution >= 4 is 28.4 Å². The fourth-order valence-corrected chi connectivity index (χ4v) is 3.39. The summed E-state index contributed by atoms with van der Waals surface area (Å²) in [6.45, 7) is 0.313. The zero-order valence-corrected chi connectivity index (χ0v) is 17.9. The Morgan fingerprint density at radius 1 is 1.09 bits per heavy atom. The molecule has 8 nitrogen and oxygen atoms in total. The van der Waals surface area contributed by atoms with Crippen LogP contribution in [0.15, 0.2) is 89.0 Å². The van der Waals surface area contributed by atoms with Crippen LogP contribution in [0.3, 0.4) is 0 Å². The second-order valence-corrected chi connectivity index (χ2v) is 7.34. The van der Waals surface area contributed by atoms with Gasteiger partial charge in [0.25, 0.3) is 11.6 Å². The lowest BCUT2D eigenvalue weighted by atomic mass is 10.0. The number of fused-ring (bicyclic) bond motifs is 1. The molecule has 8 heteroatoms. The summed E-state index contributed by atoms with van der Waals surface area (Å²) in [5.41, 5.74) is 1.25. The number of carbonyl (C=O) groups is 1. The second kappa shape index (κ2) is 10.1. The molecule has 0 fully saturated rings. The van der Waals surface area contributed by atoms with Crippen LogP contribution < -0.4 is 10.1 Å². The van der Waals surface area contributed by atoms with Gasteiger partial charge in [0.15, 0.2) is 0 Å². The predicted molar refractivity (Wildman–Crippen MR) is 126 cm³/mol. The third kappa shape index (κ3) is 5.11. The summed E-state index contributed by atoms with van der Waals surface area (Å²) in [5.74, 6) is 0.514. The van der Waals surface area contributed by atoms with E-state index in [9.17, 15) is 20.2 Å². The quantitative estimate of drug-likeness (QED) is 0.171. The fraction of sp³-hybridized carbons (Fsp3) is 0.0769. The number of nitro benzene ring substituents is 1. The van der Waals surface area contributed by atoms with E-state index in [1.54, 1.807) is 30.3 Å². The molecule has 1 amide bonds. The first-order chi connectivity index (χ1) is 16.5. The summed E-state index contributed by atoms with van der Waals surface area (Å²) in [7, 11) is 0. The zero-order chi connectivity index (χ0) is 23.9. The Balaban J connectivity index is 1.62. The smallest absolute Gasteiger partial charge is 0.269 e. The Hall–Kier alpha value is -4.90. The minimum Gasteiger partial charge on any atom is -0.488 e. The number of benzene rings is 3. The molecule has 1 N–H and O–H groups in total. The largest absolute Gasteiger partial charge is 0.488 e. The van der Waals surface area contributed by atoms with Crippen molar-refractivity contribution < 1.29 is 18.9 Å². The minimum atomic E-state index is -0.534. The van der Waals surface area contributed by atoms with Crippen LogP contribution in [0.1, 0.15) is 16.9 Å². The third-order valence-corrected chi connectivity index (χ3v) is 5.13. The molecule has 0 saturated carbocycles. The van der Waals surface area contributed by atoms with Gasteiger partial charge in [-0.05, 0) is 52.7 Å². The van der Waals surface area contributed by atoms with Crippen LogP contribution in [0, 0.1) is 21.4 Å². The van der Waals surface area contributed by atoms with Gasteiger partial charge in [-0.2, -0.15) is 5.26 Å². The molecule has 0 aliphatic rings. The predicted octanol–water partition coefficient (Wildman–Crippen LogP) is 5.14. The molecule has 0 bridgehead atoms. The fourth-order valence-electron chi connectivity index (χ4n) is 3.39. The molecule has 0 unspecified atom stereocenters. The molecule has 4 rings (SSSR count). The average molecular weight is 453 g/mol. The zero-order valence-electron chi connectivity index (χ0n) is 17.9. The van der Waals surface area contributed by atoms with Crippen LogP contribution in [-0.4, -0.2) is 10.8 Å². The van der Waals surface area contributed by atoms with Gasteiger partial charge in [-0.25, -0.2) is 0 Å². The van der Waals surface area contributed by atoms with Crippen molar-refractivity contribution in [1.29, 1.82) is 5.26 Å². The molecule has 0 spiro atoms. The Morgan fingerprint density at radius 2 is 1.88 bits per heavy atom. The van der Waals surface area contributed by atoms with Gasteiger partial charge in [-0.1, -0.05) is 30.3 Å². The number of furan rings is 1. The number of non-ortho nitro benzene ring substituents is 1. The Kier molecular flexibility index (Phi) is 6.65. The first kappa shape index (κ1) is 22.3. The number of nitro groups is 1. The lowest BCUT2D eigenvalue weighted by molar-refractivity contribution is -0.384. The van der Waals surface area contributed by atoms with E-state index in [2.05, 4.69) is 5.32 Å². The Bertz CT molecular complexity index is 1400. The number of nitrogens with one attached hydrogen (secondary N) is 1. The third-order valence-electron chi connectivity index (χ3n) is 5.13. The second-order valence-electron chi connectivity index (χ2n) is 7.34. The topological polar surface area (TPSA) is 118 Å². The summed E-state index contributed by atoms with van der Waals surface area (Å²) >= 11 is 0. The standard InChI is InChI=1S/C26H19N3O5/c27-15-20(26(30)28-16-22-5-3-13-33-22)14-24-23-6-2-1-4-19(23)9-12-25(24)34-17-18-7-10-21(11-8-18)29(31)32/h1-14H,16-17H2,(H,28,30)/b20-14+. The normalized spacial score (nSPS) is 11.1. The SMILES string of the molecule is N#C/C(=C\c1c(OCc2ccc([N+](=O)[O-])cc2)ccc2ccccc12)C(=O)NCc1ccco1. The van der Waals surface area contributed by atoms with E-state index in [1.807, 2.05) is 36.4 Å². The average Bonchev–Trinajstić information content (AvgIpc) is 3.39. The number of amides is 1. The molecule has 1 aromatic heterocycles. The van der Waals surface area contributed by atoms with Crippen molar-refractivity contribution in [2.45, 2.75) is 13.2 Å².